The van der Waals surface area contributed by atoms with Crippen molar-refractivity contribution in [1.29, 1.82) is 0 Å². The van der Waals surface area contributed by atoms with Crippen LogP contribution in [0.3, 0.4) is 0 Å². The Bertz CT molecular complexity index is 134. The van der Waals surface area contributed by atoms with Gasteiger partial charge >= 0.3 is 5.97 Å². The molecular formula is C6H10O4. The molecule has 0 bridgehead atoms. The first-order valence-electron chi connectivity index (χ1n) is 3.22. The SMILES string of the molecule is O=C(O)C1CCOC(O)C1. The molecule has 1 saturated heterocycles. The van der Waals surface area contributed by atoms with Crippen LogP contribution in [0.4, 0.5) is 0 Å². The summed E-state index contributed by atoms with van der Waals surface area (Å²) in [6, 6.07) is 0. The zero-order valence-electron chi connectivity index (χ0n) is 5.49. The number of carbonyl (C=O) groups is 1. The first-order valence-corrected chi connectivity index (χ1v) is 3.22. The molecule has 4 nitrogen and oxygen atoms in total. The van der Waals surface area contributed by atoms with E-state index in [4.69, 9.17) is 14.9 Å². The second kappa shape index (κ2) is 2.98. The van der Waals surface area contributed by atoms with E-state index in [1.165, 1.54) is 0 Å². The van der Waals surface area contributed by atoms with Crippen molar-refractivity contribution in [3.8, 4) is 0 Å². The predicted octanol–water partition coefficient (Wildman–Crippen LogP) is -0.184. The van der Waals surface area contributed by atoms with Gasteiger partial charge in [-0.3, -0.25) is 4.79 Å². The monoisotopic (exact) mass is 146 g/mol. The first-order chi connectivity index (χ1) is 4.70. The summed E-state index contributed by atoms with van der Waals surface area (Å²) in [5.74, 6) is -1.27. The van der Waals surface area contributed by atoms with Crippen LogP contribution in [0, 0.1) is 5.92 Å². The average molecular weight is 146 g/mol. The third kappa shape index (κ3) is 1.68. The van der Waals surface area contributed by atoms with E-state index in [1.54, 1.807) is 0 Å². The van der Waals surface area contributed by atoms with Gasteiger partial charge in [-0.05, 0) is 6.42 Å². The molecule has 0 radical (unpaired) electrons. The van der Waals surface area contributed by atoms with Crippen LogP contribution in [0.1, 0.15) is 12.8 Å². The van der Waals surface area contributed by atoms with Gasteiger partial charge in [0.05, 0.1) is 12.5 Å². The summed E-state index contributed by atoms with van der Waals surface area (Å²) >= 11 is 0. The van der Waals surface area contributed by atoms with E-state index in [0.29, 0.717) is 13.0 Å². The number of hydrogen-bond donors (Lipinski definition) is 2. The summed E-state index contributed by atoms with van der Waals surface area (Å²) in [6.07, 6.45) is -0.156. The van der Waals surface area contributed by atoms with E-state index in [-0.39, 0.29) is 6.42 Å². The molecule has 4 heteroatoms. The third-order valence-electron chi connectivity index (χ3n) is 1.61. The molecule has 2 unspecified atom stereocenters. The molecule has 0 amide bonds. The summed E-state index contributed by atoms with van der Waals surface area (Å²) < 4.78 is 4.75. The fraction of sp³-hybridized carbons (Fsp3) is 0.833. The zero-order valence-corrected chi connectivity index (χ0v) is 5.49. The van der Waals surface area contributed by atoms with Crippen molar-refractivity contribution in [2.75, 3.05) is 6.61 Å². The van der Waals surface area contributed by atoms with Crippen LogP contribution in [0.5, 0.6) is 0 Å². The van der Waals surface area contributed by atoms with Gasteiger partial charge in [-0.1, -0.05) is 0 Å². The molecule has 1 aliphatic rings. The van der Waals surface area contributed by atoms with Crippen LogP contribution < -0.4 is 0 Å². The van der Waals surface area contributed by atoms with Crippen LogP contribution in [0.2, 0.25) is 0 Å². The van der Waals surface area contributed by atoms with E-state index in [9.17, 15) is 4.79 Å². The molecule has 1 fully saturated rings. The summed E-state index contributed by atoms with van der Waals surface area (Å²) in [5, 5.41) is 17.3. The largest absolute Gasteiger partial charge is 0.481 e. The Balaban J connectivity index is 2.39. The average Bonchev–Trinajstić information content (AvgIpc) is 1.88. The molecule has 0 aromatic heterocycles. The molecule has 2 N–H and O–H groups in total. The maximum absolute atomic E-state index is 10.3. The number of carboxylic acids is 1. The molecule has 0 aromatic rings. The lowest BCUT2D eigenvalue weighted by Crippen LogP contribution is -2.29. The van der Waals surface area contributed by atoms with Crippen LogP contribution in [0.15, 0.2) is 0 Å². The fourth-order valence-corrected chi connectivity index (χ4v) is 1.000. The Morgan fingerprint density at radius 3 is 2.70 bits per heavy atom. The Morgan fingerprint density at radius 1 is 1.60 bits per heavy atom. The van der Waals surface area contributed by atoms with E-state index in [1.807, 2.05) is 0 Å². The van der Waals surface area contributed by atoms with Gasteiger partial charge in [-0.15, -0.1) is 0 Å². The first kappa shape index (κ1) is 7.50. The second-order valence-corrected chi connectivity index (χ2v) is 2.38. The maximum Gasteiger partial charge on any atom is 0.306 e. The molecule has 0 aliphatic carbocycles. The van der Waals surface area contributed by atoms with E-state index >= 15 is 0 Å². The predicted molar refractivity (Wildman–Crippen MR) is 32.3 cm³/mol. The number of hydrogen-bond acceptors (Lipinski definition) is 3. The van der Waals surface area contributed by atoms with Crippen molar-refractivity contribution < 1.29 is 19.7 Å². The number of aliphatic hydroxyl groups excluding tert-OH is 1. The van der Waals surface area contributed by atoms with Crippen molar-refractivity contribution in [3.63, 3.8) is 0 Å². The minimum Gasteiger partial charge on any atom is -0.481 e. The molecule has 2 atom stereocenters. The molecular weight excluding hydrogens is 136 g/mol. The van der Waals surface area contributed by atoms with E-state index < -0.39 is 18.2 Å². The Hall–Kier alpha value is -0.610. The minimum absolute atomic E-state index is 0.218. The van der Waals surface area contributed by atoms with E-state index in [0.717, 1.165) is 0 Å². The van der Waals surface area contributed by atoms with Gasteiger partial charge < -0.3 is 14.9 Å². The molecule has 1 rings (SSSR count). The molecule has 0 spiro atoms. The highest BCUT2D eigenvalue weighted by atomic mass is 16.6. The highest BCUT2D eigenvalue weighted by molar-refractivity contribution is 5.70. The standard InChI is InChI=1S/C6H10O4/c7-5-3-4(6(8)9)1-2-10-5/h4-5,7H,1-3H2,(H,8,9). The van der Waals surface area contributed by atoms with Gasteiger partial charge in [-0.25, -0.2) is 0 Å². The third-order valence-corrected chi connectivity index (χ3v) is 1.61. The Labute approximate surface area is 58.4 Å². The smallest absolute Gasteiger partial charge is 0.306 e. The number of carboxylic acid groups (broad SMARTS) is 1. The summed E-state index contributed by atoms with van der Waals surface area (Å²) in [7, 11) is 0. The van der Waals surface area contributed by atoms with Crippen molar-refractivity contribution in [1.82, 2.24) is 0 Å². The van der Waals surface area contributed by atoms with Gasteiger partial charge in [0.1, 0.15) is 0 Å². The molecule has 0 saturated carbocycles. The summed E-state index contributed by atoms with van der Waals surface area (Å²) in [5.41, 5.74) is 0. The van der Waals surface area contributed by atoms with Crippen LogP contribution >= 0.6 is 0 Å². The van der Waals surface area contributed by atoms with Crippen molar-refractivity contribution in [2.45, 2.75) is 19.1 Å². The summed E-state index contributed by atoms with van der Waals surface area (Å²) in [4.78, 5) is 10.3. The topological polar surface area (TPSA) is 66.8 Å². The van der Waals surface area contributed by atoms with Crippen molar-refractivity contribution >= 4 is 5.97 Å². The normalized spacial score (nSPS) is 33.7. The number of aliphatic carboxylic acids is 1. The van der Waals surface area contributed by atoms with Crippen LogP contribution in [0.25, 0.3) is 0 Å². The molecule has 58 valence electrons. The Kier molecular flexibility index (Phi) is 2.24. The molecule has 1 heterocycles. The van der Waals surface area contributed by atoms with Gasteiger partial charge in [0.2, 0.25) is 0 Å². The second-order valence-electron chi connectivity index (χ2n) is 2.38. The Morgan fingerprint density at radius 2 is 2.30 bits per heavy atom. The van der Waals surface area contributed by atoms with Gasteiger partial charge in [0, 0.05) is 6.42 Å². The molecule has 0 aromatic carbocycles. The quantitative estimate of drug-likeness (QED) is 0.538. The maximum atomic E-state index is 10.3. The minimum atomic E-state index is -0.880. The van der Waals surface area contributed by atoms with Gasteiger partial charge in [0.15, 0.2) is 6.29 Å². The number of aliphatic hydroxyl groups is 1. The summed E-state index contributed by atoms with van der Waals surface area (Å²) in [6.45, 7) is 0.345. The lowest BCUT2D eigenvalue weighted by atomic mass is 10.00. The van der Waals surface area contributed by atoms with Crippen molar-refractivity contribution in [2.24, 2.45) is 5.92 Å². The van der Waals surface area contributed by atoms with Crippen LogP contribution in [-0.4, -0.2) is 29.1 Å². The highest BCUT2D eigenvalue weighted by Gasteiger charge is 2.25. The molecule has 10 heavy (non-hydrogen) atoms. The lowest BCUT2D eigenvalue weighted by molar-refractivity contribution is -0.164. The van der Waals surface area contributed by atoms with Crippen LogP contribution in [-0.2, 0) is 9.53 Å². The van der Waals surface area contributed by atoms with Gasteiger partial charge in [0.25, 0.3) is 0 Å². The highest BCUT2D eigenvalue weighted by Crippen LogP contribution is 2.18. The number of ether oxygens (including phenoxy) is 1. The molecule has 1 aliphatic heterocycles. The van der Waals surface area contributed by atoms with Gasteiger partial charge in [-0.2, -0.15) is 0 Å². The van der Waals surface area contributed by atoms with Crippen molar-refractivity contribution in [3.05, 3.63) is 0 Å². The lowest BCUT2D eigenvalue weighted by Gasteiger charge is -2.22. The zero-order chi connectivity index (χ0) is 7.56. The van der Waals surface area contributed by atoms with E-state index in [2.05, 4.69) is 0 Å². The number of rotatable bonds is 1. The fourth-order valence-electron chi connectivity index (χ4n) is 1.000.